The normalized spacial score (nSPS) is 11.1. The molecule has 1 amide bonds. The fourth-order valence-corrected chi connectivity index (χ4v) is 3.75. The molecule has 1 N–H and O–H groups in total. The summed E-state index contributed by atoms with van der Waals surface area (Å²) in [6.45, 7) is 1.94. The molecule has 2 heterocycles. The van der Waals surface area contributed by atoms with E-state index < -0.39 is 11.7 Å². The molecule has 2 aromatic carbocycles. The van der Waals surface area contributed by atoms with Crippen LogP contribution in [0, 0.1) is 12.7 Å². The molecule has 11 heteroatoms. The molecule has 0 aliphatic carbocycles. The Morgan fingerprint density at radius 2 is 1.74 bits per heavy atom. The van der Waals surface area contributed by atoms with Gasteiger partial charge in [-0.1, -0.05) is 22.5 Å². The van der Waals surface area contributed by atoms with E-state index in [0.717, 1.165) is 33.4 Å². The second-order valence-electron chi connectivity index (χ2n) is 7.90. The van der Waals surface area contributed by atoms with Crippen molar-refractivity contribution in [1.29, 1.82) is 0 Å². The summed E-state index contributed by atoms with van der Waals surface area (Å²) in [5.74, 6) is 0.150. The van der Waals surface area contributed by atoms with Crippen LogP contribution in [0.25, 0.3) is 22.2 Å². The zero-order chi connectivity index (χ0) is 22.4. The van der Waals surface area contributed by atoms with Gasteiger partial charge in [0.05, 0.1) is 23.0 Å². The Morgan fingerprint density at radius 3 is 2.42 bits per heavy atom. The van der Waals surface area contributed by atoms with E-state index in [1.54, 1.807) is 21.8 Å². The van der Waals surface area contributed by atoms with Crippen molar-refractivity contribution in [2.45, 2.75) is 6.92 Å². The van der Waals surface area contributed by atoms with Gasteiger partial charge in [-0.3, -0.25) is 4.79 Å². The van der Waals surface area contributed by atoms with Gasteiger partial charge in [0.2, 0.25) is 0 Å². The van der Waals surface area contributed by atoms with E-state index in [2.05, 4.69) is 20.5 Å². The highest BCUT2D eigenvalue weighted by molar-refractivity contribution is 6.63. The zero-order valence-electron chi connectivity index (χ0n) is 18.5. The average molecular weight is 409 g/mol. The van der Waals surface area contributed by atoms with Crippen LogP contribution in [0.3, 0.4) is 0 Å². The highest BCUT2D eigenvalue weighted by atomic mass is 19.1. The summed E-state index contributed by atoms with van der Waals surface area (Å²) in [7, 11) is 9.16. The first-order valence-corrected chi connectivity index (χ1v) is 10.0. The van der Waals surface area contributed by atoms with Gasteiger partial charge in [0.15, 0.2) is 5.82 Å². The number of nitrogens with one attached hydrogen (secondary N) is 1. The number of hydrogen-bond acceptors (Lipinski definition) is 4. The largest absolute Gasteiger partial charge is 0.331 e. The second-order valence-corrected chi connectivity index (χ2v) is 7.90. The Morgan fingerprint density at radius 1 is 1.03 bits per heavy atom. The van der Waals surface area contributed by atoms with Crippen molar-refractivity contribution in [1.82, 2.24) is 19.7 Å². The Bertz CT molecular complexity index is 1340. The van der Waals surface area contributed by atoms with Crippen molar-refractivity contribution in [3.05, 3.63) is 47.7 Å². The van der Waals surface area contributed by atoms with E-state index >= 15 is 0 Å². The first kappa shape index (κ1) is 20.9. The monoisotopic (exact) mass is 409 g/mol. The number of benzene rings is 2. The van der Waals surface area contributed by atoms with Gasteiger partial charge in [0.25, 0.3) is 5.91 Å². The third kappa shape index (κ3) is 3.54. The smallest absolute Gasteiger partial charge is 0.259 e. The molecule has 0 spiro atoms. The molecular weight excluding hydrogens is 389 g/mol. The molecule has 0 aliphatic rings. The minimum Gasteiger partial charge on any atom is -0.331 e. The number of carbonyl (C=O) groups excluding carboxylic acids is 1. The van der Waals surface area contributed by atoms with Crippen molar-refractivity contribution < 1.29 is 9.18 Å². The van der Waals surface area contributed by atoms with Crippen LogP contribution in [0.4, 0.5) is 10.2 Å². The lowest BCUT2D eigenvalue weighted by molar-refractivity contribution is 0.102. The number of imidazole rings is 1. The van der Waals surface area contributed by atoms with Gasteiger partial charge in [-0.15, -0.1) is 15.7 Å². The Balaban J connectivity index is 1.71. The SMILES string of the molecule is Bc1c(B)c(B)c(C(=O)Nc2cc3cc(-c4cnc(C)n4C)ccc3nn2)c(F)c1B. The predicted octanol–water partition coefficient (Wildman–Crippen LogP) is -3.24. The van der Waals surface area contributed by atoms with Crippen LogP contribution in [-0.4, -0.2) is 57.0 Å². The van der Waals surface area contributed by atoms with Crippen LogP contribution in [0.2, 0.25) is 0 Å². The number of carbonyl (C=O) groups is 1. The molecule has 0 radical (unpaired) electrons. The summed E-state index contributed by atoms with van der Waals surface area (Å²) < 4.78 is 16.9. The first-order valence-electron chi connectivity index (χ1n) is 10.0. The number of hydrogen-bond donors (Lipinski definition) is 1. The molecule has 0 fully saturated rings. The summed E-state index contributed by atoms with van der Waals surface area (Å²) in [6.07, 6.45) is 1.82. The lowest BCUT2D eigenvalue weighted by Crippen LogP contribution is -2.52. The lowest BCUT2D eigenvalue weighted by Gasteiger charge is -2.16. The first-order chi connectivity index (χ1) is 14.7. The van der Waals surface area contributed by atoms with Gasteiger partial charge in [0, 0.05) is 18.0 Å². The Labute approximate surface area is 183 Å². The van der Waals surface area contributed by atoms with Crippen molar-refractivity contribution in [3.63, 3.8) is 0 Å². The van der Waals surface area contributed by atoms with E-state index in [9.17, 15) is 9.18 Å². The van der Waals surface area contributed by atoms with E-state index in [4.69, 9.17) is 0 Å². The summed E-state index contributed by atoms with van der Waals surface area (Å²) in [5, 5.41) is 11.8. The maximum atomic E-state index is 14.9. The van der Waals surface area contributed by atoms with Crippen LogP contribution >= 0.6 is 0 Å². The molecule has 4 aromatic rings. The van der Waals surface area contributed by atoms with Crippen molar-refractivity contribution in [2.75, 3.05) is 5.32 Å². The third-order valence-electron chi connectivity index (χ3n) is 6.18. The number of rotatable bonds is 3. The topological polar surface area (TPSA) is 72.7 Å². The fourth-order valence-electron chi connectivity index (χ4n) is 3.75. The van der Waals surface area contributed by atoms with Crippen LogP contribution in [0.5, 0.6) is 0 Å². The summed E-state index contributed by atoms with van der Waals surface area (Å²) >= 11 is 0. The molecule has 0 unspecified atom stereocenters. The molecular formula is C20H20B4FN5O. The Hall–Kier alpha value is -3.35. The molecule has 150 valence electrons. The number of aromatic nitrogens is 4. The molecule has 6 nitrogen and oxygen atoms in total. The number of aryl methyl sites for hydroxylation is 1. The van der Waals surface area contributed by atoms with Gasteiger partial charge in [0.1, 0.15) is 43.0 Å². The summed E-state index contributed by atoms with van der Waals surface area (Å²) in [5.41, 5.74) is 5.57. The molecule has 4 rings (SSSR count). The van der Waals surface area contributed by atoms with Crippen molar-refractivity contribution in [3.8, 4) is 11.3 Å². The minimum atomic E-state index is -0.534. The molecule has 31 heavy (non-hydrogen) atoms. The number of fused-ring (bicyclic) bond motifs is 1. The maximum Gasteiger partial charge on any atom is 0.259 e. The zero-order valence-corrected chi connectivity index (χ0v) is 18.5. The number of nitrogens with zero attached hydrogens (tertiary/aromatic N) is 4. The third-order valence-corrected chi connectivity index (χ3v) is 6.18. The van der Waals surface area contributed by atoms with Gasteiger partial charge >= 0.3 is 0 Å². The standard InChI is InChI=1S/C20H20B4FN5O/c1-8-26-7-12(30(8)2)9-3-4-11-10(5-9)6-13(29-28-11)27-20(31)14-15(21)16(22)17(23)18(24)19(14)25/h3-7H,21-24H2,1-2H3,(H,27,29,31). The van der Waals surface area contributed by atoms with E-state index in [0.29, 0.717) is 16.4 Å². The summed E-state index contributed by atoms with van der Waals surface area (Å²) in [6, 6.07) is 7.56. The van der Waals surface area contributed by atoms with E-state index in [1.165, 1.54) is 0 Å². The number of anilines is 1. The molecule has 0 saturated carbocycles. The summed E-state index contributed by atoms with van der Waals surface area (Å²) in [4.78, 5) is 17.3. The molecule has 2 aromatic heterocycles. The lowest BCUT2D eigenvalue weighted by atomic mass is 9.65. The quantitative estimate of drug-likeness (QED) is 0.362. The van der Waals surface area contributed by atoms with Crippen molar-refractivity contribution in [2.24, 2.45) is 7.05 Å². The second kappa shape index (κ2) is 7.72. The highest BCUT2D eigenvalue weighted by Crippen LogP contribution is 2.24. The van der Waals surface area contributed by atoms with Crippen LogP contribution < -0.4 is 27.2 Å². The molecule has 0 atom stereocenters. The minimum absolute atomic E-state index is 0.0432. The number of halogens is 1. The van der Waals surface area contributed by atoms with Gasteiger partial charge in [-0.05, 0) is 25.1 Å². The van der Waals surface area contributed by atoms with E-state index in [1.807, 2.05) is 58.6 Å². The predicted molar refractivity (Wildman–Crippen MR) is 134 cm³/mol. The molecule has 0 bridgehead atoms. The van der Waals surface area contributed by atoms with Crippen LogP contribution in [0.15, 0.2) is 30.5 Å². The fraction of sp³-hybridized carbons (Fsp3) is 0.100. The Kier molecular flexibility index (Phi) is 5.21. The van der Waals surface area contributed by atoms with Gasteiger partial charge in [-0.2, -0.15) is 0 Å². The average Bonchev–Trinajstić information content (AvgIpc) is 3.09. The molecule has 0 aliphatic heterocycles. The van der Waals surface area contributed by atoms with Gasteiger partial charge < -0.3 is 9.88 Å². The van der Waals surface area contributed by atoms with Crippen molar-refractivity contribution >= 4 is 75.9 Å². The number of amides is 1. The maximum absolute atomic E-state index is 14.9. The van der Waals surface area contributed by atoms with Crippen LogP contribution in [-0.2, 0) is 7.05 Å². The highest BCUT2D eigenvalue weighted by Gasteiger charge is 2.21. The molecule has 0 saturated heterocycles. The van der Waals surface area contributed by atoms with E-state index in [-0.39, 0.29) is 11.4 Å². The van der Waals surface area contributed by atoms with Gasteiger partial charge in [-0.25, -0.2) is 9.37 Å². The van der Waals surface area contributed by atoms with Crippen LogP contribution in [0.1, 0.15) is 16.2 Å².